The number of carbonyl (C=O) groups excluding carboxylic acids is 1. The van der Waals surface area contributed by atoms with Crippen LogP contribution in [-0.4, -0.2) is 33.2 Å². The number of aromatic nitrogens is 4. The largest absolute Gasteiger partial charge is 0.497 e. The van der Waals surface area contributed by atoms with Crippen LogP contribution in [0.15, 0.2) is 48.8 Å². The molecule has 8 heteroatoms. The van der Waals surface area contributed by atoms with E-state index in [9.17, 15) is 4.79 Å². The third-order valence-corrected chi connectivity index (χ3v) is 4.34. The molecule has 0 saturated heterocycles. The van der Waals surface area contributed by atoms with Crippen molar-refractivity contribution in [1.29, 1.82) is 0 Å². The summed E-state index contributed by atoms with van der Waals surface area (Å²) in [6.07, 6.45) is 1.80. The van der Waals surface area contributed by atoms with Gasteiger partial charge in [-0.2, -0.15) is 0 Å². The number of carbonyl (C=O) groups is 1. The molecule has 7 nitrogen and oxygen atoms in total. The van der Waals surface area contributed by atoms with Crippen molar-refractivity contribution in [3.05, 3.63) is 59.4 Å². The topological polar surface area (TPSA) is 81.9 Å². The van der Waals surface area contributed by atoms with Gasteiger partial charge >= 0.3 is 0 Å². The molecule has 134 valence electrons. The minimum atomic E-state index is -0.121. The van der Waals surface area contributed by atoms with Gasteiger partial charge in [-0.05, 0) is 52.2 Å². The van der Waals surface area contributed by atoms with E-state index < -0.39 is 0 Å². The Hall–Kier alpha value is -2.93. The minimum Gasteiger partial charge on any atom is -0.497 e. The fourth-order valence-electron chi connectivity index (χ4n) is 2.56. The number of rotatable bonds is 6. The van der Waals surface area contributed by atoms with Gasteiger partial charge in [-0.15, -0.1) is 5.10 Å². The van der Waals surface area contributed by atoms with Crippen LogP contribution in [-0.2, 0) is 4.79 Å². The maximum atomic E-state index is 12.4. The van der Waals surface area contributed by atoms with Crippen LogP contribution in [0.3, 0.4) is 0 Å². The van der Waals surface area contributed by atoms with Gasteiger partial charge in [0.1, 0.15) is 12.1 Å². The zero-order chi connectivity index (χ0) is 18.5. The number of hydrogen-bond acceptors (Lipinski definition) is 5. The predicted molar refractivity (Wildman–Crippen MR) is 98.8 cm³/mol. The molecule has 1 unspecified atom stereocenters. The molecule has 1 heterocycles. The Morgan fingerprint density at radius 1 is 1.27 bits per heavy atom. The van der Waals surface area contributed by atoms with E-state index in [4.69, 9.17) is 16.3 Å². The van der Waals surface area contributed by atoms with Crippen molar-refractivity contribution in [2.24, 2.45) is 0 Å². The normalized spacial score (nSPS) is 11.8. The smallest absolute Gasteiger partial charge is 0.225 e. The zero-order valence-corrected chi connectivity index (χ0v) is 15.1. The molecule has 0 fully saturated rings. The van der Waals surface area contributed by atoms with Gasteiger partial charge in [-0.3, -0.25) is 4.79 Å². The van der Waals surface area contributed by atoms with Gasteiger partial charge in [0.25, 0.3) is 0 Å². The first-order valence-corrected chi connectivity index (χ1v) is 8.41. The molecule has 0 radical (unpaired) electrons. The van der Waals surface area contributed by atoms with E-state index in [0.29, 0.717) is 22.8 Å². The second kappa shape index (κ2) is 7.97. The maximum Gasteiger partial charge on any atom is 0.225 e. The molecule has 0 aliphatic rings. The van der Waals surface area contributed by atoms with E-state index >= 15 is 0 Å². The highest BCUT2D eigenvalue weighted by Crippen LogP contribution is 2.26. The average Bonchev–Trinajstić information content (AvgIpc) is 3.18. The van der Waals surface area contributed by atoms with Crippen LogP contribution in [0.2, 0.25) is 5.02 Å². The highest BCUT2D eigenvalue weighted by atomic mass is 35.5. The van der Waals surface area contributed by atoms with E-state index in [2.05, 4.69) is 20.8 Å². The molecule has 1 N–H and O–H groups in total. The van der Waals surface area contributed by atoms with E-state index in [1.54, 1.807) is 25.3 Å². The van der Waals surface area contributed by atoms with Crippen molar-refractivity contribution < 1.29 is 9.53 Å². The lowest BCUT2D eigenvalue weighted by Crippen LogP contribution is -2.15. The number of tetrazole rings is 1. The molecule has 0 bridgehead atoms. The summed E-state index contributed by atoms with van der Waals surface area (Å²) in [5.74, 6) is 0.725. The summed E-state index contributed by atoms with van der Waals surface area (Å²) in [7, 11) is 1.62. The first kappa shape index (κ1) is 17.9. The Bertz CT molecular complexity index is 881. The number of nitrogens with one attached hydrogen (secondary N) is 1. The van der Waals surface area contributed by atoms with Crippen LogP contribution in [0.25, 0.3) is 5.69 Å². The Morgan fingerprint density at radius 2 is 2.04 bits per heavy atom. The number of hydrogen-bond donors (Lipinski definition) is 1. The van der Waals surface area contributed by atoms with Crippen molar-refractivity contribution in [2.45, 2.75) is 19.3 Å². The summed E-state index contributed by atoms with van der Waals surface area (Å²) < 4.78 is 6.65. The van der Waals surface area contributed by atoms with E-state index in [-0.39, 0.29) is 11.8 Å². The Morgan fingerprint density at radius 3 is 2.69 bits per heavy atom. The average molecular weight is 372 g/mol. The molecule has 0 saturated carbocycles. The van der Waals surface area contributed by atoms with Crippen LogP contribution in [0, 0.1) is 0 Å². The van der Waals surface area contributed by atoms with Gasteiger partial charge in [-0.25, -0.2) is 4.68 Å². The molecule has 1 amide bonds. The Balaban J connectivity index is 1.68. The lowest BCUT2D eigenvalue weighted by atomic mass is 9.97. The summed E-state index contributed by atoms with van der Waals surface area (Å²) >= 11 is 6.20. The second-order valence-corrected chi connectivity index (χ2v) is 6.25. The summed E-state index contributed by atoms with van der Waals surface area (Å²) in [4.78, 5) is 12.4. The van der Waals surface area contributed by atoms with E-state index in [1.807, 2.05) is 31.2 Å². The molecule has 26 heavy (non-hydrogen) atoms. The van der Waals surface area contributed by atoms with Crippen LogP contribution in [0.5, 0.6) is 5.75 Å². The number of benzene rings is 2. The van der Waals surface area contributed by atoms with Gasteiger partial charge in [0.15, 0.2) is 0 Å². The molecule has 2 aromatic carbocycles. The van der Waals surface area contributed by atoms with E-state index in [0.717, 1.165) is 11.3 Å². The SMILES string of the molecule is COc1ccc(C(C)CC(=O)Nc2cc(-n3cnnn3)ccc2Cl)cc1. The van der Waals surface area contributed by atoms with Crippen LogP contribution in [0.4, 0.5) is 5.69 Å². The Labute approximate surface area is 155 Å². The number of amides is 1. The molecule has 3 aromatic rings. The van der Waals surface area contributed by atoms with Gasteiger partial charge < -0.3 is 10.1 Å². The molecule has 1 aromatic heterocycles. The molecule has 0 aliphatic heterocycles. The van der Waals surface area contributed by atoms with E-state index in [1.165, 1.54) is 11.0 Å². The predicted octanol–water partition coefficient (Wildman–Crippen LogP) is 3.46. The lowest BCUT2D eigenvalue weighted by molar-refractivity contribution is -0.116. The van der Waals surface area contributed by atoms with Crippen LogP contribution >= 0.6 is 11.6 Å². The van der Waals surface area contributed by atoms with Gasteiger partial charge in [0.05, 0.1) is 23.5 Å². The third-order valence-electron chi connectivity index (χ3n) is 4.01. The van der Waals surface area contributed by atoms with Gasteiger partial charge in [0.2, 0.25) is 5.91 Å². The number of ether oxygens (including phenoxy) is 1. The summed E-state index contributed by atoms with van der Waals surface area (Å²) in [5.41, 5.74) is 2.29. The molecule has 1 atom stereocenters. The fraction of sp³-hybridized carbons (Fsp3) is 0.222. The number of anilines is 1. The van der Waals surface area contributed by atoms with Crippen molar-refractivity contribution in [3.63, 3.8) is 0 Å². The number of methoxy groups -OCH3 is 1. The third kappa shape index (κ3) is 4.18. The second-order valence-electron chi connectivity index (χ2n) is 5.85. The van der Waals surface area contributed by atoms with Crippen LogP contribution < -0.4 is 10.1 Å². The fourth-order valence-corrected chi connectivity index (χ4v) is 2.73. The maximum absolute atomic E-state index is 12.4. The van der Waals surface area contributed by atoms with Crippen molar-refractivity contribution in [2.75, 3.05) is 12.4 Å². The quantitative estimate of drug-likeness (QED) is 0.717. The van der Waals surface area contributed by atoms with Crippen LogP contribution in [0.1, 0.15) is 24.8 Å². The first-order chi connectivity index (χ1) is 12.6. The standard InChI is InChI=1S/C18H18ClN5O2/c1-12(13-3-6-15(26-2)7-4-13)9-18(25)21-17-10-14(5-8-16(17)19)24-11-20-22-23-24/h3-8,10-12H,9H2,1-2H3,(H,21,25). The van der Waals surface area contributed by atoms with Gasteiger partial charge in [-0.1, -0.05) is 30.7 Å². The molecule has 3 rings (SSSR count). The summed E-state index contributed by atoms with van der Waals surface area (Å²) in [6, 6.07) is 12.9. The minimum absolute atomic E-state index is 0.0578. The van der Waals surface area contributed by atoms with Gasteiger partial charge in [0, 0.05) is 6.42 Å². The molecule has 0 spiro atoms. The molecular formula is C18H18ClN5O2. The zero-order valence-electron chi connectivity index (χ0n) is 14.4. The first-order valence-electron chi connectivity index (χ1n) is 8.03. The highest BCUT2D eigenvalue weighted by molar-refractivity contribution is 6.33. The number of halogens is 1. The van der Waals surface area contributed by atoms with Crippen molar-refractivity contribution in [3.8, 4) is 11.4 Å². The Kier molecular flexibility index (Phi) is 5.48. The molecular weight excluding hydrogens is 354 g/mol. The summed E-state index contributed by atoms with van der Waals surface area (Å²) in [5, 5.41) is 14.3. The van der Waals surface area contributed by atoms with Crippen molar-refractivity contribution >= 4 is 23.2 Å². The number of nitrogens with zero attached hydrogens (tertiary/aromatic N) is 4. The lowest BCUT2D eigenvalue weighted by Gasteiger charge is -2.14. The molecule has 0 aliphatic carbocycles. The summed E-state index contributed by atoms with van der Waals surface area (Å²) in [6.45, 7) is 2.00. The van der Waals surface area contributed by atoms with Crippen molar-refractivity contribution in [1.82, 2.24) is 20.2 Å². The monoisotopic (exact) mass is 371 g/mol. The highest BCUT2D eigenvalue weighted by Gasteiger charge is 2.14.